The Morgan fingerprint density at radius 3 is 2.30 bits per heavy atom. The molecule has 1 saturated heterocycles. The fourth-order valence-corrected chi connectivity index (χ4v) is 3.12. The normalized spacial score (nSPS) is 19.4. The topological polar surface area (TPSA) is 48.4 Å². The van der Waals surface area contributed by atoms with Gasteiger partial charge in [-0.05, 0) is 50.9 Å². The maximum Gasteiger partial charge on any atom is 0.491 e. The van der Waals surface area contributed by atoms with E-state index in [2.05, 4.69) is 4.98 Å². The number of hydrogen-bond donors (Lipinski definition) is 0. The van der Waals surface area contributed by atoms with E-state index in [0.29, 0.717) is 5.47 Å². The first-order valence-electron chi connectivity index (χ1n) is 8.15. The van der Waals surface area contributed by atoms with Crippen LogP contribution in [0, 0.1) is 0 Å². The first kappa shape index (κ1) is 22.3. The van der Waals surface area contributed by atoms with Crippen molar-refractivity contribution in [3.05, 3.63) is 34.0 Å². The van der Waals surface area contributed by atoms with Crippen molar-refractivity contribution >= 4 is 41.7 Å². The molecule has 1 aromatic rings. The van der Waals surface area contributed by atoms with E-state index < -0.39 is 30.2 Å². The molecule has 27 heavy (non-hydrogen) atoms. The zero-order chi connectivity index (χ0) is 20.6. The van der Waals surface area contributed by atoms with Crippen molar-refractivity contribution in [2.45, 2.75) is 52.0 Å². The number of carbonyl (C=O) groups is 1. The van der Waals surface area contributed by atoms with Crippen molar-refractivity contribution in [1.29, 1.82) is 0 Å². The quantitative estimate of drug-likeness (QED) is 0.503. The second kappa shape index (κ2) is 7.77. The minimum atomic E-state index is -4.62. The van der Waals surface area contributed by atoms with Crippen LogP contribution >= 0.6 is 23.4 Å². The number of halogens is 4. The lowest BCUT2D eigenvalue weighted by Crippen LogP contribution is -2.41. The Bertz CT molecular complexity index is 752. The van der Waals surface area contributed by atoms with E-state index in [9.17, 15) is 18.0 Å². The van der Waals surface area contributed by atoms with Gasteiger partial charge >= 0.3 is 13.3 Å². The van der Waals surface area contributed by atoms with Crippen molar-refractivity contribution in [3.8, 4) is 0 Å². The predicted octanol–water partition coefficient (Wildman–Crippen LogP) is 5.05. The molecule has 0 aliphatic carbocycles. The van der Waals surface area contributed by atoms with E-state index in [0.717, 1.165) is 17.8 Å². The van der Waals surface area contributed by atoms with Gasteiger partial charge in [0.2, 0.25) is 0 Å². The summed E-state index contributed by atoms with van der Waals surface area (Å²) in [6.07, 6.45) is -3.12. The number of rotatable bonds is 4. The van der Waals surface area contributed by atoms with E-state index in [-0.39, 0.29) is 21.6 Å². The molecule has 0 amide bonds. The first-order chi connectivity index (χ1) is 12.2. The second-order valence-electron chi connectivity index (χ2n) is 7.19. The summed E-state index contributed by atoms with van der Waals surface area (Å²) < 4.78 is 51.0. The zero-order valence-electron chi connectivity index (χ0n) is 15.6. The van der Waals surface area contributed by atoms with Crippen LogP contribution in [0.4, 0.5) is 13.2 Å². The average molecular weight is 422 g/mol. The van der Waals surface area contributed by atoms with Gasteiger partial charge in [-0.25, -0.2) is 4.98 Å². The Hall–Kier alpha value is -1.03. The number of aromatic nitrogens is 1. The molecule has 0 unspecified atom stereocenters. The average Bonchev–Trinajstić information content (AvgIpc) is 2.70. The predicted molar refractivity (Wildman–Crippen MR) is 101 cm³/mol. The molecule has 0 spiro atoms. The third kappa shape index (κ3) is 5.50. The van der Waals surface area contributed by atoms with Gasteiger partial charge in [0.05, 0.1) is 11.2 Å². The van der Waals surface area contributed by atoms with Crippen LogP contribution in [0.15, 0.2) is 17.6 Å². The molecule has 0 aromatic carbocycles. The minimum Gasteiger partial charge on any atom is -0.400 e. The summed E-state index contributed by atoms with van der Waals surface area (Å²) in [6, 6.07) is 2.22. The van der Waals surface area contributed by atoms with Crippen LogP contribution in [0.25, 0.3) is 6.08 Å². The lowest BCUT2D eigenvalue weighted by Gasteiger charge is -2.32. The minimum absolute atomic E-state index is 0.124. The van der Waals surface area contributed by atoms with Crippen molar-refractivity contribution in [1.82, 2.24) is 4.98 Å². The van der Waals surface area contributed by atoms with E-state index in [1.807, 2.05) is 27.7 Å². The van der Waals surface area contributed by atoms with E-state index >= 15 is 0 Å². The van der Waals surface area contributed by atoms with Crippen molar-refractivity contribution in [2.75, 3.05) is 5.75 Å². The monoisotopic (exact) mass is 421 g/mol. The fraction of sp³-hybridized carbons (Fsp3) is 0.529. The van der Waals surface area contributed by atoms with Crippen molar-refractivity contribution < 1.29 is 27.3 Å². The maximum atomic E-state index is 13.0. The van der Waals surface area contributed by atoms with Gasteiger partial charge in [0.1, 0.15) is 10.8 Å². The van der Waals surface area contributed by atoms with Crippen LogP contribution in [0.2, 0.25) is 5.15 Å². The number of alkyl halides is 3. The fourth-order valence-electron chi connectivity index (χ4n) is 2.32. The molecule has 0 saturated carbocycles. The standard InChI is InChI=1S/C17H20BClF3NO3S/c1-10(24)27-9-12(18-25-15(2,3)16(4,5)26-18)6-11-7-13(17(20,21)22)23-14(19)8-11/h6-8H,9H2,1-5H3. The number of nitrogens with zero attached hydrogens (tertiary/aromatic N) is 1. The highest BCUT2D eigenvalue weighted by Crippen LogP contribution is 2.39. The summed E-state index contributed by atoms with van der Waals surface area (Å²) >= 11 is 6.78. The number of pyridine rings is 1. The Morgan fingerprint density at radius 2 is 1.81 bits per heavy atom. The summed E-state index contributed by atoms with van der Waals surface area (Å²) in [7, 11) is -0.789. The van der Waals surface area contributed by atoms with Crippen LogP contribution in [0.1, 0.15) is 45.9 Å². The van der Waals surface area contributed by atoms with E-state index in [1.165, 1.54) is 19.1 Å². The van der Waals surface area contributed by atoms with Gasteiger partial charge in [0.15, 0.2) is 5.12 Å². The van der Waals surface area contributed by atoms with Gasteiger partial charge in [0, 0.05) is 12.7 Å². The smallest absolute Gasteiger partial charge is 0.400 e. The number of carbonyl (C=O) groups excluding carboxylic acids is 1. The molecule has 148 valence electrons. The van der Waals surface area contributed by atoms with Crippen LogP contribution < -0.4 is 0 Å². The van der Waals surface area contributed by atoms with Crippen LogP contribution in [0.5, 0.6) is 0 Å². The second-order valence-corrected chi connectivity index (χ2v) is 8.73. The van der Waals surface area contributed by atoms with Gasteiger partial charge < -0.3 is 9.31 Å². The van der Waals surface area contributed by atoms with Gasteiger partial charge in [-0.3, -0.25) is 4.79 Å². The van der Waals surface area contributed by atoms with Gasteiger partial charge in [-0.1, -0.05) is 29.4 Å². The molecule has 10 heteroatoms. The molecular formula is C17H20BClF3NO3S. The number of thioether (sulfide) groups is 1. The summed E-state index contributed by atoms with van der Waals surface area (Å²) in [5.74, 6) is 0.216. The largest absolute Gasteiger partial charge is 0.491 e. The zero-order valence-corrected chi connectivity index (χ0v) is 17.2. The maximum absolute atomic E-state index is 13.0. The molecule has 1 aliphatic heterocycles. The Morgan fingerprint density at radius 1 is 1.26 bits per heavy atom. The van der Waals surface area contributed by atoms with E-state index in [1.54, 1.807) is 0 Å². The van der Waals surface area contributed by atoms with Crippen molar-refractivity contribution in [2.24, 2.45) is 0 Å². The third-order valence-corrected chi connectivity index (χ3v) is 5.53. The highest BCUT2D eigenvalue weighted by Gasteiger charge is 2.52. The lowest BCUT2D eigenvalue weighted by molar-refractivity contribution is -0.141. The summed E-state index contributed by atoms with van der Waals surface area (Å²) in [5, 5.41) is -0.398. The van der Waals surface area contributed by atoms with Crippen molar-refractivity contribution in [3.63, 3.8) is 0 Å². The molecule has 1 aromatic heterocycles. The summed E-state index contributed by atoms with van der Waals surface area (Å²) in [5.41, 5.74) is -1.59. The molecule has 1 aliphatic rings. The molecule has 0 radical (unpaired) electrons. The highest BCUT2D eigenvalue weighted by molar-refractivity contribution is 8.13. The molecule has 1 fully saturated rings. The summed E-state index contributed by atoms with van der Waals surface area (Å²) in [4.78, 5) is 14.7. The SMILES string of the molecule is CC(=O)SCC(=Cc1cc(Cl)nc(C(F)(F)F)c1)B1OC(C)(C)C(C)(C)O1. The molecule has 2 heterocycles. The highest BCUT2D eigenvalue weighted by atomic mass is 35.5. The Kier molecular flexibility index (Phi) is 6.41. The van der Waals surface area contributed by atoms with Gasteiger partial charge in [-0.2, -0.15) is 13.2 Å². The molecule has 4 nitrogen and oxygen atoms in total. The lowest BCUT2D eigenvalue weighted by atomic mass is 9.78. The van der Waals surface area contributed by atoms with E-state index in [4.69, 9.17) is 20.9 Å². The number of hydrogen-bond acceptors (Lipinski definition) is 5. The van der Waals surface area contributed by atoms with Gasteiger partial charge in [0.25, 0.3) is 0 Å². The molecule has 0 bridgehead atoms. The molecule has 2 rings (SSSR count). The third-order valence-electron chi connectivity index (χ3n) is 4.46. The van der Waals surface area contributed by atoms with Crippen LogP contribution in [0.3, 0.4) is 0 Å². The van der Waals surface area contributed by atoms with Gasteiger partial charge in [-0.15, -0.1) is 0 Å². The Labute approximate surface area is 166 Å². The van der Waals surface area contributed by atoms with Crippen LogP contribution in [-0.2, 0) is 20.3 Å². The first-order valence-corrected chi connectivity index (χ1v) is 9.52. The molecular weight excluding hydrogens is 402 g/mol. The molecule has 0 atom stereocenters. The summed E-state index contributed by atoms with van der Waals surface area (Å²) in [6.45, 7) is 8.89. The molecule has 0 N–H and O–H groups in total. The van der Waals surface area contributed by atoms with Crippen LogP contribution in [-0.4, -0.2) is 34.2 Å². The Balaban J connectivity index is 2.43.